The summed E-state index contributed by atoms with van der Waals surface area (Å²) in [5.41, 5.74) is 4.82. The number of aromatic nitrogens is 3. The number of nitrogens with zero attached hydrogens (tertiary/aromatic N) is 4. The van der Waals surface area contributed by atoms with Gasteiger partial charge < -0.3 is 10.2 Å². The first-order chi connectivity index (χ1) is 12.5. The normalized spacial score (nSPS) is 10.7. The number of aryl methyl sites for hydroxylation is 1. The highest BCUT2D eigenvalue weighted by molar-refractivity contribution is 5.94. The Morgan fingerprint density at radius 1 is 1.19 bits per heavy atom. The fourth-order valence-electron chi connectivity index (χ4n) is 2.83. The van der Waals surface area contributed by atoms with Crippen LogP contribution in [0.2, 0.25) is 0 Å². The molecule has 1 aromatic carbocycles. The molecule has 0 fully saturated rings. The van der Waals surface area contributed by atoms with Gasteiger partial charge in [-0.3, -0.25) is 14.5 Å². The fraction of sp³-hybridized carbons (Fsp3) is 0.250. The zero-order valence-corrected chi connectivity index (χ0v) is 15.3. The van der Waals surface area contributed by atoms with Crippen LogP contribution in [0.3, 0.4) is 0 Å². The van der Waals surface area contributed by atoms with Gasteiger partial charge in [0.1, 0.15) is 0 Å². The maximum absolute atomic E-state index is 12.1. The van der Waals surface area contributed by atoms with Crippen molar-refractivity contribution in [3.63, 3.8) is 0 Å². The number of pyridine rings is 1. The fourth-order valence-corrected chi connectivity index (χ4v) is 2.83. The van der Waals surface area contributed by atoms with Gasteiger partial charge >= 0.3 is 0 Å². The Balaban J connectivity index is 1.68. The maximum atomic E-state index is 12.1. The van der Waals surface area contributed by atoms with Crippen molar-refractivity contribution < 1.29 is 4.79 Å². The molecule has 0 aliphatic rings. The first-order valence-electron chi connectivity index (χ1n) is 8.49. The summed E-state index contributed by atoms with van der Waals surface area (Å²) in [4.78, 5) is 17.8. The quantitative estimate of drug-likeness (QED) is 0.743. The number of benzene rings is 1. The third-order valence-corrected chi connectivity index (χ3v) is 4.06. The second-order valence-electron chi connectivity index (χ2n) is 6.42. The predicted molar refractivity (Wildman–Crippen MR) is 101 cm³/mol. The van der Waals surface area contributed by atoms with Crippen molar-refractivity contribution in [3.05, 3.63) is 71.7 Å². The third-order valence-electron chi connectivity index (χ3n) is 4.06. The van der Waals surface area contributed by atoms with E-state index in [2.05, 4.69) is 15.4 Å². The van der Waals surface area contributed by atoms with Crippen molar-refractivity contribution in [2.24, 2.45) is 7.05 Å². The standard InChI is InChI=1S/C20H23N5O/c1-24(2)20(26)16-7-4-6-15(10-16)11-22-13-18-14-25(3)23-19(18)17-8-5-9-21-12-17/h4-10,12,14,22H,11,13H2,1-3H3. The molecule has 0 aliphatic heterocycles. The van der Waals surface area contributed by atoms with E-state index in [0.717, 1.165) is 22.4 Å². The largest absolute Gasteiger partial charge is 0.345 e. The summed E-state index contributed by atoms with van der Waals surface area (Å²) in [6, 6.07) is 11.6. The van der Waals surface area contributed by atoms with Gasteiger partial charge in [-0.25, -0.2) is 0 Å². The summed E-state index contributed by atoms with van der Waals surface area (Å²) in [7, 11) is 5.44. The van der Waals surface area contributed by atoms with Crippen molar-refractivity contribution in [1.29, 1.82) is 0 Å². The lowest BCUT2D eigenvalue weighted by Crippen LogP contribution is -2.22. The monoisotopic (exact) mass is 349 g/mol. The molecule has 3 rings (SSSR count). The molecular formula is C20H23N5O. The number of carbonyl (C=O) groups excluding carboxylic acids is 1. The Hall–Kier alpha value is -2.99. The van der Waals surface area contributed by atoms with Crippen LogP contribution >= 0.6 is 0 Å². The van der Waals surface area contributed by atoms with E-state index in [1.807, 2.05) is 60.5 Å². The van der Waals surface area contributed by atoms with Crippen molar-refractivity contribution in [1.82, 2.24) is 25.0 Å². The van der Waals surface area contributed by atoms with Gasteiger partial charge in [-0.2, -0.15) is 5.10 Å². The van der Waals surface area contributed by atoms with Crippen molar-refractivity contribution in [2.45, 2.75) is 13.1 Å². The molecule has 6 nitrogen and oxygen atoms in total. The second-order valence-corrected chi connectivity index (χ2v) is 6.42. The van der Waals surface area contributed by atoms with Crippen LogP contribution in [0.25, 0.3) is 11.3 Å². The molecule has 2 aromatic heterocycles. The molecule has 6 heteroatoms. The Kier molecular flexibility index (Phi) is 5.43. The van der Waals surface area contributed by atoms with Crippen molar-refractivity contribution in [2.75, 3.05) is 14.1 Å². The van der Waals surface area contributed by atoms with Gasteiger partial charge in [0.25, 0.3) is 5.91 Å². The minimum Gasteiger partial charge on any atom is -0.345 e. The van der Waals surface area contributed by atoms with Crippen LogP contribution in [-0.4, -0.2) is 39.7 Å². The zero-order valence-electron chi connectivity index (χ0n) is 15.3. The SMILES string of the molecule is CN(C)C(=O)c1cccc(CNCc2cn(C)nc2-c2cccnc2)c1. The predicted octanol–water partition coefficient (Wildman–Crippen LogP) is 2.47. The number of nitrogens with one attached hydrogen (secondary N) is 1. The van der Waals surface area contributed by atoms with Crippen molar-refractivity contribution >= 4 is 5.91 Å². The van der Waals surface area contributed by atoms with E-state index in [1.165, 1.54) is 0 Å². The topological polar surface area (TPSA) is 63.1 Å². The minimum atomic E-state index is 0.0120. The van der Waals surface area contributed by atoms with Gasteiger partial charge in [-0.05, 0) is 29.8 Å². The van der Waals surface area contributed by atoms with Gasteiger partial charge in [0, 0.05) is 69.5 Å². The van der Waals surface area contributed by atoms with Gasteiger partial charge in [-0.1, -0.05) is 12.1 Å². The molecule has 0 bridgehead atoms. The summed E-state index contributed by atoms with van der Waals surface area (Å²) < 4.78 is 1.82. The lowest BCUT2D eigenvalue weighted by Gasteiger charge is -2.11. The van der Waals surface area contributed by atoms with Gasteiger partial charge in [-0.15, -0.1) is 0 Å². The molecule has 0 unspecified atom stereocenters. The molecule has 0 saturated carbocycles. The van der Waals surface area contributed by atoms with Crippen LogP contribution in [0, 0.1) is 0 Å². The van der Waals surface area contributed by atoms with Gasteiger partial charge in [0.15, 0.2) is 0 Å². The van der Waals surface area contributed by atoms with Crippen LogP contribution in [0.15, 0.2) is 55.0 Å². The van der Waals surface area contributed by atoms with E-state index in [4.69, 9.17) is 0 Å². The molecule has 0 radical (unpaired) electrons. The first-order valence-corrected chi connectivity index (χ1v) is 8.49. The minimum absolute atomic E-state index is 0.0120. The summed E-state index contributed by atoms with van der Waals surface area (Å²) in [6.45, 7) is 1.36. The Bertz CT molecular complexity index is 886. The lowest BCUT2D eigenvalue weighted by molar-refractivity contribution is 0.0827. The Labute approximate surface area is 153 Å². The molecule has 1 amide bonds. The highest BCUT2D eigenvalue weighted by Crippen LogP contribution is 2.20. The van der Waals surface area contributed by atoms with E-state index in [1.54, 1.807) is 25.2 Å². The molecular weight excluding hydrogens is 326 g/mol. The molecule has 3 aromatic rings. The number of carbonyl (C=O) groups is 1. The molecule has 134 valence electrons. The first kappa shape index (κ1) is 17.8. The maximum Gasteiger partial charge on any atom is 0.253 e. The van der Waals surface area contributed by atoms with E-state index in [0.29, 0.717) is 18.7 Å². The second kappa shape index (κ2) is 7.93. The molecule has 26 heavy (non-hydrogen) atoms. The summed E-state index contributed by atoms with van der Waals surface area (Å²) in [5, 5.41) is 7.99. The molecule has 2 heterocycles. The highest BCUT2D eigenvalue weighted by Gasteiger charge is 2.11. The summed E-state index contributed by atoms with van der Waals surface area (Å²) >= 11 is 0. The Morgan fingerprint density at radius 2 is 2.04 bits per heavy atom. The molecule has 0 atom stereocenters. The van der Waals surface area contributed by atoms with E-state index >= 15 is 0 Å². The lowest BCUT2D eigenvalue weighted by atomic mass is 10.1. The average molecular weight is 349 g/mol. The van der Waals surface area contributed by atoms with Gasteiger partial charge in [0.2, 0.25) is 0 Å². The molecule has 0 saturated heterocycles. The zero-order chi connectivity index (χ0) is 18.5. The average Bonchev–Trinajstić information content (AvgIpc) is 3.02. The third kappa shape index (κ3) is 4.15. The smallest absolute Gasteiger partial charge is 0.253 e. The van der Waals surface area contributed by atoms with E-state index in [9.17, 15) is 4.79 Å². The Morgan fingerprint density at radius 3 is 2.77 bits per heavy atom. The van der Waals surface area contributed by atoms with Crippen LogP contribution in [0.1, 0.15) is 21.5 Å². The number of amides is 1. The molecule has 0 aliphatic carbocycles. The number of hydrogen-bond acceptors (Lipinski definition) is 4. The summed E-state index contributed by atoms with van der Waals surface area (Å²) in [6.07, 6.45) is 5.59. The highest BCUT2D eigenvalue weighted by atomic mass is 16.2. The van der Waals surface area contributed by atoms with Crippen molar-refractivity contribution in [3.8, 4) is 11.3 Å². The summed E-state index contributed by atoms with van der Waals surface area (Å²) in [5.74, 6) is 0.0120. The van der Waals surface area contributed by atoms with Crippen LogP contribution in [0.4, 0.5) is 0 Å². The van der Waals surface area contributed by atoms with Crippen LogP contribution in [0.5, 0.6) is 0 Å². The number of rotatable bonds is 6. The van der Waals surface area contributed by atoms with Crippen LogP contribution in [-0.2, 0) is 20.1 Å². The van der Waals surface area contributed by atoms with Gasteiger partial charge in [0.05, 0.1) is 5.69 Å². The van der Waals surface area contributed by atoms with E-state index < -0.39 is 0 Å². The molecule has 1 N–H and O–H groups in total. The van der Waals surface area contributed by atoms with Crippen LogP contribution < -0.4 is 5.32 Å². The van der Waals surface area contributed by atoms with E-state index in [-0.39, 0.29) is 5.91 Å². The molecule has 0 spiro atoms. The number of hydrogen-bond donors (Lipinski definition) is 1.